The van der Waals surface area contributed by atoms with Gasteiger partial charge in [-0.05, 0) is 29.7 Å². The number of nitrogens with zero attached hydrogens (tertiary/aromatic N) is 2. The standard InChI is InChI=1S/C22H24N4O4S2/c1-29-17-9-8-16(12-18(17)30-2)10-11-23-20(28)14-31-22-26-25-21(32-22)24-19(27)13-15-6-4-3-5-7-15/h3-9,12H,10-11,13-14H2,1-2H3,(H,23,28)(H,24,25,27). The third-order valence-electron chi connectivity index (χ3n) is 4.37. The van der Waals surface area contributed by atoms with E-state index < -0.39 is 0 Å². The van der Waals surface area contributed by atoms with Crippen LogP contribution in [-0.2, 0) is 22.4 Å². The average Bonchev–Trinajstić information content (AvgIpc) is 3.25. The minimum absolute atomic E-state index is 0.0969. The van der Waals surface area contributed by atoms with E-state index in [1.54, 1.807) is 14.2 Å². The number of thioether (sulfide) groups is 1. The molecular formula is C22H24N4O4S2. The summed E-state index contributed by atoms with van der Waals surface area (Å²) in [6.07, 6.45) is 0.943. The molecule has 8 nitrogen and oxygen atoms in total. The third-order valence-corrected chi connectivity index (χ3v) is 6.34. The zero-order valence-electron chi connectivity index (χ0n) is 17.8. The van der Waals surface area contributed by atoms with Crippen LogP contribution >= 0.6 is 23.1 Å². The van der Waals surface area contributed by atoms with E-state index in [1.807, 2.05) is 48.5 Å². The molecule has 0 radical (unpaired) electrons. The predicted octanol–water partition coefficient (Wildman–Crippen LogP) is 3.19. The van der Waals surface area contributed by atoms with E-state index >= 15 is 0 Å². The maximum Gasteiger partial charge on any atom is 0.230 e. The minimum Gasteiger partial charge on any atom is -0.493 e. The summed E-state index contributed by atoms with van der Waals surface area (Å²) in [4.78, 5) is 24.2. The van der Waals surface area contributed by atoms with E-state index in [4.69, 9.17) is 9.47 Å². The van der Waals surface area contributed by atoms with Crippen molar-refractivity contribution in [3.8, 4) is 11.5 Å². The van der Waals surface area contributed by atoms with Gasteiger partial charge in [-0.15, -0.1) is 10.2 Å². The molecule has 0 saturated heterocycles. The Balaban J connectivity index is 1.38. The SMILES string of the molecule is COc1ccc(CCNC(=O)CSc2nnc(NC(=O)Cc3ccccc3)s2)cc1OC. The summed E-state index contributed by atoms with van der Waals surface area (Å²) in [5, 5.41) is 14.0. The van der Waals surface area contributed by atoms with Crippen LogP contribution in [0.5, 0.6) is 11.5 Å². The Labute approximate surface area is 194 Å². The van der Waals surface area contributed by atoms with E-state index in [1.165, 1.54) is 23.1 Å². The Kier molecular flexibility index (Phi) is 8.88. The second-order valence-electron chi connectivity index (χ2n) is 6.66. The third kappa shape index (κ3) is 7.24. The summed E-state index contributed by atoms with van der Waals surface area (Å²) >= 11 is 2.53. The largest absolute Gasteiger partial charge is 0.493 e. The summed E-state index contributed by atoms with van der Waals surface area (Å²) in [5.74, 6) is 1.30. The fourth-order valence-electron chi connectivity index (χ4n) is 2.82. The van der Waals surface area contributed by atoms with Gasteiger partial charge in [0.1, 0.15) is 0 Å². The molecule has 0 fully saturated rings. The molecule has 1 aromatic heterocycles. The maximum absolute atomic E-state index is 12.1. The molecule has 3 rings (SSSR count). The maximum atomic E-state index is 12.1. The first-order valence-corrected chi connectivity index (χ1v) is 11.6. The van der Waals surface area contributed by atoms with Crippen molar-refractivity contribution >= 4 is 40.0 Å². The van der Waals surface area contributed by atoms with Crippen LogP contribution in [0, 0.1) is 0 Å². The molecule has 32 heavy (non-hydrogen) atoms. The molecule has 3 aromatic rings. The first-order chi connectivity index (χ1) is 15.6. The van der Waals surface area contributed by atoms with Crippen molar-refractivity contribution in [2.45, 2.75) is 17.2 Å². The van der Waals surface area contributed by atoms with E-state index in [-0.39, 0.29) is 24.0 Å². The smallest absolute Gasteiger partial charge is 0.230 e. The van der Waals surface area contributed by atoms with Gasteiger partial charge in [-0.2, -0.15) is 0 Å². The van der Waals surface area contributed by atoms with E-state index in [2.05, 4.69) is 20.8 Å². The predicted molar refractivity (Wildman–Crippen MR) is 126 cm³/mol. The number of benzene rings is 2. The number of amides is 2. The van der Waals surface area contributed by atoms with Crippen molar-refractivity contribution in [2.24, 2.45) is 0 Å². The molecule has 0 aliphatic heterocycles. The summed E-state index contributed by atoms with van der Waals surface area (Å²) in [6, 6.07) is 15.2. The summed E-state index contributed by atoms with van der Waals surface area (Å²) in [7, 11) is 3.18. The molecule has 0 saturated carbocycles. The Morgan fingerprint density at radius 1 is 0.969 bits per heavy atom. The Morgan fingerprint density at radius 3 is 2.50 bits per heavy atom. The zero-order chi connectivity index (χ0) is 22.8. The zero-order valence-corrected chi connectivity index (χ0v) is 19.4. The highest BCUT2D eigenvalue weighted by molar-refractivity contribution is 8.01. The number of carbonyl (C=O) groups excluding carboxylic acids is 2. The van der Waals surface area contributed by atoms with Gasteiger partial charge in [-0.25, -0.2) is 0 Å². The number of hydrogen-bond acceptors (Lipinski definition) is 8. The van der Waals surface area contributed by atoms with Gasteiger partial charge in [-0.3, -0.25) is 9.59 Å². The van der Waals surface area contributed by atoms with Crippen molar-refractivity contribution in [1.29, 1.82) is 0 Å². The number of nitrogens with one attached hydrogen (secondary N) is 2. The lowest BCUT2D eigenvalue weighted by Crippen LogP contribution is -2.27. The number of methoxy groups -OCH3 is 2. The van der Waals surface area contributed by atoms with Gasteiger partial charge in [0, 0.05) is 6.54 Å². The van der Waals surface area contributed by atoms with Crippen LogP contribution in [0.2, 0.25) is 0 Å². The highest BCUT2D eigenvalue weighted by Gasteiger charge is 2.11. The number of hydrogen-bond donors (Lipinski definition) is 2. The number of aromatic nitrogens is 2. The van der Waals surface area contributed by atoms with Gasteiger partial charge in [-0.1, -0.05) is 59.5 Å². The molecule has 0 atom stereocenters. The molecule has 168 valence electrons. The lowest BCUT2D eigenvalue weighted by atomic mass is 10.1. The first-order valence-electron chi connectivity index (χ1n) is 9.85. The van der Waals surface area contributed by atoms with Crippen molar-refractivity contribution in [3.63, 3.8) is 0 Å². The van der Waals surface area contributed by atoms with E-state index in [0.29, 0.717) is 33.9 Å². The minimum atomic E-state index is -0.156. The van der Waals surface area contributed by atoms with E-state index in [9.17, 15) is 9.59 Å². The van der Waals surface area contributed by atoms with Crippen LogP contribution in [0.25, 0.3) is 0 Å². The van der Waals surface area contributed by atoms with Gasteiger partial charge < -0.3 is 20.1 Å². The van der Waals surface area contributed by atoms with Crippen LogP contribution < -0.4 is 20.1 Å². The number of carbonyl (C=O) groups is 2. The van der Waals surface area contributed by atoms with Crippen LogP contribution in [0.4, 0.5) is 5.13 Å². The van der Waals surface area contributed by atoms with Gasteiger partial charge in [0.15, 0.2) is 15.8 Å². The molecule has 1 heterocycles. The van der Waals surface area contributed by atoms with Gasteiger partial charge in [0.05, 0.1) is 26.4 Å². The molecule has 2 amide bonds. The van der Waals surface area contributed by atoms with Crippen LogP contribution in [-0.4, -0.2) is 48.5 Å². The molecule has 0 unspecified atom stereocenters. The Hall–Kier alpha value is -3.11. The molecule has 2 aromatic carbocycles. The van der Waals surface area contributed by atoms with Crippen molar-refractivity contribution in [3.05, 3.63) is 59.7 Å². The second kappa shape index (κ2) is 12.1. The second-order valence-corrected chi connectivity index (χ2v) is 8.86. The van der Waals surface area contributed by atoms with Crippen LogP contribution in [0.1, 0.15) is 11.1 Å². The first kappa shape index (κ1) is 23.6. The highest BCUT2D eigenvalue weighted by Crippen LogP contribution is 2.28. The summed E-state index contributed by atoms with van der Waals surface area (Å²) in [6.45, 7) is 0.506. The molecule has 0 aliphatic carbocycles. The number of anilines is 1. The van der Waals surface area contributed by atoms with Crippen molar-refractivity contribution in [2.75, 3.05) is 31.8 Å². The number of rotatable bonds is 11. The van der Waals surface area contributed by atoms with Crippen LogP contribution in [0.3, 0.4) is 0 Å². The average molecular weight is 473 g/mol. The molecule has 0 aliphatic rings. The molecule has 0 spiro atoms. The van der Waals surface area contributed by atoms with Gasteiger partial charge in [0.2, 0.25) is 16.9 Å². The van der Waals surface area contributed by atoms with Gasteiger partial charge in [0.25, 0.3) is 0 Å². The van der Waals surface area contributed by atoms with Gasteiger partial charge >= 0.3 is 0 Å². The monoisotopic (exact) mass is 472 g/mol. The molecule has 0 bridgehead atoms. The lowest BCUT2D eigenvalue weighted by molar-refractivity contribution is -0.118. The fourth-order valence-corrected chi connectivity index (χ4v) is 4.42. The molecule has 10 heteroatoms. The quantitative estimate of drug-likeness (QED) is 0.326. The molecule has 2 N–H and O–H groups in total. The Morgan fingerprint density at radius 2 is 1.75 bits per heavy atom. The van der Waals surface area contributed by atoms with Crippen molar-refractivity contribution in [1.82, 2.24) is 15.5 Å². The normalized spacial score (nSPS) is 10.4. The van der Waals surface area contributed by atoms with Crippen LogP contribution in [0.15, 0.2) is 52.9 Å². The Bertz CT molecular complexity index is 1040. The lowest BCUT2D eigenvalue weighted by Gasteiger charge is -2.10. The van der Waals surface area contributed by atoms with E-state index in [0.717, 1.165) is 11.1 Å². The highest BCUT2D eigenvalue weighted by atomic mass is 32.2. The number of ether oxygens (including phenoxy) is 2. The fraction of sp³-hybridized carbons (Fsp3) is 0.273. The summed E-state index contributed by atoms with van der Waals surface area (Å²) in [5.41, 5.74) is 1.96. The topological polar surface area (TPSA) is 102 Å². The van der Waals surface area contributed by atoms with Crippen molar-refractivity contribution < 1.29 is 19.1 Å². The summed E-state index contributed by atoms with van der Waals surface area (Å²) < 4.78 is 11.1. The molecular weight excluding hydrogens is 448 g/mol.